The van der Waals surface area contributed by atoms with Crippen LogP contribution < -0.4 is 10.5 Å². The highest BCUT2D eigenvalue weighted by Crippen LogP contribution is 2.26. The summed E-state index contributed by atoms with van der Waals surface area (Å²) in [4.78, 5) is 0. The van der Waals surface area contributed by atoms with Gasteiger partial charge in [-0.15, -0.1) is 13.2 Å². The molecule has 0 unspecified atom stereocenters. The normalized spacial score (nSPS) is 13.0. The van der Waals surface area contributed by atoms with Gasteiger partial charge in [0.2, 0.25) is 0 Å². The second-order valence-electron chi connectivity index (χ2n) is 4.94. The van der Waals surface area contributed by atoms with Crippen molar-refractivity contribution < 1.29 is 17.9 Å². The van der Waals surface area contributed by atoms with Gasteiger partial charge in [-0.05, 0) is 48.2 Å². The van der Waals surface area contributed by atoms with Crippen molar-refractivity contribution in [3.8, 4) is 5.75 Å². The molecule has 2 aromatic carbocycles. The van der Waals surface area contributed by atoms with Gasteiger partial charge in [0, 0.05) is 0 Å². The predicted octanol–water partition coefficient (Wildman–Crippen LogP) is 4.25. The molecule has 5 heteroatoms. The molecular formula is C16H16F3NO. The molecule has 2 aromatic rings. The average Bonchev–Trinajstić information content (AvgIpc) is 2.40. The minimum atomic E-state index is -4.68. The third-order valence-corrected chi connectivity index (χ3v) is 3.36. The van der Waals surface area contributed by atoms with Gasteiger partial charge < -0.3 is 10.5 Å². The topological polar surface area (TPSA) is 35.2 Å². The number of aryl methyl sites for hydroxylation is 2. The zero-order valence-corrected chi connectivity index (χ0v) is 11.7. The summed E-state index contributed by atoms with van der Waals surface area (Å²) in [5.74, 6) is -0.251. The summed E-state index contributed by atoms with van der Waals surface area (Å²) in [5.41, 5.74) is 10.1. The second kappa shape index (κ2) is 5.77. The van der Waals surface area contributed by atoms with E-state index >= 15 is 0 Å². The minimum absolute atomic E-state index is 0.251. The molecule has 0 spiro atoms. The van der Waals surface area contributed by atoms with E-state index in [1.807, 2.05) is 32.0 Å². The Morgan fingerprint density at radius 3 is 2.00 bits per heavy atom. The first-order valence-electron chi connectivity index (χ1n) is 6.45. The Morgan fingerprint density at radius 2 is 1.48 bits per heavy atom. The number of alkyl halides is 3. The zero-order chi connectivity index (χ0) is 15.6. The second-order valence-corrected chi connectivity index (χ2v) is 4.94. The van der Waals surface area contributed by atoms with E-state index in [-0.39, 0.29) is 11.8 Å². The summed E-state index contributed by atoms with van der Waals surface area (Å²) in [7, 11) is 0. The molecule has 112 valence electrons. The Morgan fingerprint density at radius 1 is 0.905 bits per heavy atom. The monoisotopic (exact) mass is 295 g/mol. The SMILES string of the molecule is Cc1ccc([C@H](N)c2ccc(OC(F)(F)F)cc2)cc1C. The fourth-order valence-electron chi connectivity index (χ4n) is 2.03. The van der Waals surface area contributed by atoms with E-state index in [9.17, 15) is 13.2 Å². The molecule has 0 aliphatic carbocycles. The largest absolute Gasteiger partial charge is 0.573 e. The van der Waals surface area contributed by atoms with Gasteiger partial charge in [-0.25, -0.2) is 0 Å². The van der Waals surface area contributed by atoms with Crippen LogP contribution in [-0.2, 0) is 0 Å². The molecule has 0 amide bonds. The van der Waals surface area contributed by atoms with E-state index in [2.05, 4.69) is 4.74 Å². The molecule has 0 fully saturated rings. The van der Waals surface area contributed by atoms with Gasteiger partial charge in [-0.2, -0.15) is 0 Å². The van der Waals surface area contributed by atoms with Crippen LogP contribution in [0.25, 0.3) is 0 Å². The quantitative estimate of drug-likeness (QED) is 0.918. The van der Waals surface area contributed by atoms with Gasteiger partial charge in [0.15, 0.2) is 0 Å². The van der Waals surface area contributed by atoms with E-state index in [4.69, 9.17) is 5.73 Å². The number of ether oxygens (including phenoxy) is 1. The number of hydrogen-bond donors (Lipinski definition) is 1. The van der Waals surface area contributed by atoms with Crippen LogP contribution in [0.5, 0.6) is 5.75 Å². The van der Waals surface area contributed by atoms with Crippen molar-refractivity contribution in [2.45, 2.75) is 26.3 Å². The smallest absolute Gasteiger partial charge is 0.406 e. The van der Waals surface area contributed by atoms with Crippen LogP contribution >= 0.6 is 0 Å². The minimum Gasteiger partial charge on any atom is -0.406 e. The Kier molecular flexibility index (Phi) is 4.23. The van der Waals surface area contributed by atoms with Gasteiger partial charge in [0.25, 0.3) is 0 Å². The first-order valence-corrected chi connectivity index (χ1v) is 6.45. The van der Waals surface area contributed by atoms with Crippen molar-refractivity contribution in [3.05, 3.63) is 64.7 Å². The number of hydrogen-bond acceptors (Lipinski definition) is 2. The fourth-order valence-corrected chi connectivity index (χ4v) is 2.03. The van der Waals surface area contributed by atoms with Gasteiger partial charge in [-0.1, -0.05) is 30.3 Å². The number of nitrogens with two attached hydrogens (primary N) is 1. The molecule has 0 aromatic heterocycles. The van der Waals surface area contributed by atoms with E-state index < -0.39 is 6.36 Å². The molecule has 0 heterocycles. The third kappa shape index (κ3) is 3.98. The lowest BCUT2D eigenvalue weighted by Crippen LogP contribution is -2.17. The summed E-state index contributed by atoms with van der Waals surface area (Å²) >= 11 is 0. The van der Waals surface area contributed by atoms with Crippen LogP contribution in [0.1, 0.15) is 28.3 Å². The van der Waals surface area contributed by atoms with Gasteiger partial charge in [0.05, 0.1) is 6.04 Å². The van der Waals surface area contributed by atoms with E-state index in [1.54, 1.807) is 12.1 Å². The van der Waals surface area contributed by atoms with Crippen molar-refractivity contribution in [2.24, 2.45) is 5.73 Å². The molecule has 21 heavy (non-hydrogen) atoms. The summed E-state index contributed by atoms with van der Waals surface area (Å²) in [6.45, 7) is 4.00. The lowest BCUT2D eigenvalue weighted by molar-refractivity contribution is -0.274. The Hall–Kier alpha value is -2.01. The molecule has 2 nitrogen and oxygen atoms in total. The summed E-state index contributed by atoms with van der Waals surface area (Å²) < 4.78 is 40.1. The maximum absolute atomic E-state index is 12.1. The predicted molar refractivity (Wildman–Crippen MR) is 75.1 cm³/mol. The summed E-state index contributed by atoms with van der Waals surface area (Å²) in [6.07, 6.45) is -4.68. The standard InChI is InChI=1S/C16H16F3NO/c1-10-3-4-13(9-11(10)2)15(20)12-5-7-14(8-6-12)21-16(17,18)19/h3-9,15H,20H2,1-2H3/t15-/m1/s1. The maximum atomic E-state index is 12.1. The molecule has 0 radical (unpaired) electrons. The molecule has 0 saturated heterocycles. The van der Waals surface area contributed by atoms with Crippen LogP contribution in [0.4, 0.5) is 13.2 Å². The van der Waals surface area contributed by atoms with Crippen molar-refractivity contribution >= 4 is 0 Å². The van der Waals surface area contributed by atoms with E-state index in [0.29, 0.717) is 0 Å². The third-order valence-electron chi connectivity index (χ3n) is 3.36. The Bertz CT molecular complexity index is 620. The molecule has 0 aliphatic heterocycles. The zero-order valence-electron chi connectivity index (χ0n) is 11.7. The molecule has 2 rings (SSSR count). The van der Waals surface area contributed by atoms with Crippen LogP contribution in [0.15, 0.2) is 42.5 Å². The van der Waals surface area contributed by atoms with Crippen LogP contribution in [-0.4, -0.2) is 6.36 Å². The molecule has 2 N–H and O–H groups in total. The number of rotatable bonds is 3. The average molecular weight is 295 g/mol. The fraction of sp³-hybridized carbons (Fsp3) is 0.250. The van der Waals surface area contributed by atoms with Gasteiger partial charge >= 0.3 is 6.36 Å². The van der Waals surface area contributed by atoms with Crippen LogP contribution in [0, 0.1) is 13.8 Å². The molecular weight excluding hydrogens is 279 g/mol. The number of halogens is 3. The highest BCUT2D eigenvalue weighted by molar-refractivity contribution is 5.38. The van der Waals surface area contributed by atoms with E-state index in [0.717, 1.165) is 16.7 Å². The maximum Gasteiger partial charge on any atom is 0.573 e. The molecule has 0 aliphatic rings. The Balaban J connectivity index is 2.19. The lowest BCUT2D eigenvalue weighted by Gasteiger charge is -2.15. The van der Waals surface area contributed by atoms with Crippen molar-refractivity contribution in [2.75, 3.05) is 0 Å². The molecule has 0 saturated carbocycles. The van der Waals surface area contributed by atoms with Crippen LogP contribution in [0.3, 0.4) is 0 Å². The lowest BCUT2D eigenvalue weighted by atomic mass is 9.96. The summed E-state index contributed by atoms with van der Waals surface area (Å²) in [5, 5.41) is 0. The molecule has 1 atom stereocenters. The van der Waals surface area contributed by atoms with Gasteiger partial charge in [-0.3, -0.25) is 0 Å². The van der Waals surface area contributed by atoms with Crippen molar-refractivity contribution in [3.63, 3.8) is 0 Å². The Labute approximate surface area is 121 Å². The highest BCUT2D eigenvalue weighted by atomic mass is 19.4. The van der Waals surface area contributed by atoms with E-state index in [1.165, 1.54) is 17.7 Å². The first-order chi connectivity index (χ1) is 9.76. The van der Waals surface area contributed by atoms with Crippen molar-refractivity contribution in [1.29, 1.82) is 0 Å². The van der Waals surface area contributed by atoms with Crippen molar-refractivity contribution in [1.82, 2.24) is 0 Å². The van der Waals surface area contributed by atoms with Gasteiger partial charge in [0.1, 0.15) is 5.75 Å². The molecule has 0 bridgehead atoms. The number of benzene rings is 2. The first kappa shape index (κ1) is 15.4. The summed E-state index contributed by atoms with van der Waals surface area (Å²) in [6, 6.07) is 11.1. The van der Waals surface area contributed by atoms with Crippen LogP contribution in [0.2, 0.25) is 0 Å². The highest BCUT2D eigenvalue weighted by Gasteiger charge is 2.31.